The van der Waals surface area contributed by atoms with Crippen molar-refractivity contribution in [3.8, 4) is 17.2 Å². The lowest BCUT2D eigenvalue weighted by Gasteiger charge is -2.11. The van der Waals surface area contributed by atoms with Gasteiger partial charge in [-0.25, -0.2) is 4.68 Å². The number of hydrogen-bond donors (Lipinski definition) is 3. The highest BCUT2D eigenvalue weighted by atomic mass is 16.5. The van der Waals surface area contributed by atoms with E-state index >= 15 is 0 Å². The number of hydrazine groups is 1. The molecule has 0 atom stereocenters. The molecule has 0 aliphatic heterocycles. The van der Waals surface area contributed by atoms with Crippen LogP contribution in [0, 0.1) is 0 Å². The number of amides is 2. The number of carbonyl (C=O) groups excluding carboxylic acids is 2. The second-order valence-corrected chi connectivity index (χ2v) is 7.21. The summed E-state index contributed by atoms with van der Waals surface area (Å²) < 4.78 is 17.3. The number of nitrogens with one attached hydrogen (secondary N) is 3. The van der Waals surface area contributed by atoms with E-state index in [-0.39, 0.29) is 16.9 Å². The zero-order chi connectivity index (χ0) is 24.4. The van der Waals surface area contributed by atoms with Gasteiger partial charge in [-0.15, -0.1) is 0 Å². The summed E-state index contributed by atoms with van der Waals surface area (Å²) in [7, 11) is 4.48. The van der Waals surface area contributed by atoms with Crippen LogP contribution in [0.2, 0.25) is 0 Å². The smallest absolute Gasteiger partial charge is 0.290 e. The number of aromatic nitrogens is 3. The molecule has 0 fully saturated rings. The third-order valence-electron chi connectivity index (χ3n) is 5.36. The maximum Gasteiger partial charge on any atom is 0.290 e. The third kappa shape index (κ3) is 3.76. The highest BCUT2D eigenvalue weighted by Gasteiger charge is 2.21. The lowest BCUT2D eigenvalue weighted by Crippen LogP contribution is -2.43. The van der Waals surface area contributed by atoms with E-state index in [0.29, 0.717) is 45.5 Å². The van der Waals surface area contributed by atoms with Crippen molar-refractivity contribution in [2.45, 2.75) is 13.5 Å². The van der Waals surface area contributed by atoms with E-state index in [1.807, 2.05) is 0 Å². The molecule has 0 aliphatic carbocycles. The van der Waals surface area contributed by atoms with Crippen molar-refractivity contribution in [3.63, 3.8) is 0 Å². The Morgan fingerprint density at radius 1 is 0.941 bits per heavy atom. The Morgan fingerprint density at radius 2 is 1.62 bits per heavy atom. The van der Waals surface area contributed by atoms with Gasteiger partial charge in [-0.2, -0.15) is 5.10 Å². The number of rotatable bonds is 6. The molecule has 2 amide bonds. The van der Waals surface area contributed by atoms with Crippen LogP contribution in [0.5, 0.6) is 17.2 Å². The van der Waals surface area contributed by atoms with Crippen molar-refractivity contribution in [1.82, 2.24) is 25.6 Å². The summed E-state index contributed by atoms with van der Waals surface area (Å²) in [5.41, 5.74) is 5.10. The third-order valence-corrected chi connectivity index (χ3v) is 5.36. The maximum atomic E-state index is 12.9. The standard InChI is InChI=1S/C23H23N5O6/c1-5-28-23(31)13-9-7-6-8-12(13)19(27-28)22(30)26-25-21(29)15-10-14-16(32-2)11-17(33-3)20(34-4)18(14)24-15/h6-11,24H,5H2,1-4H3,(H,25,29)(H,26,30). The first-order valence-corrected chi connectivity index (χ1v) is 10.4. The Labute approximate surface area is 193 Å². The number of H-pyrrole nitrogens is 1. The summed E-state index contributed by atoms with van der Waals surface area (Å²) in [4.78, 5) is 41.1. The van der Waals surface area contributed by atoms with E-state index in [0.717, 1.165) is 0 Å². The SMILES string of the molecule is CCn1nc(C(=O)NNC(=O)c2cc3c(OC)cc(OC)c(OC)c3[nH]2)c2ccccc2c1=O. The summed E-state index contributed by atoms with van der Waals surface area (Å²) in [5, 5.41) is 5.50. The minimum atomic E-state index is -0.667. The molecule has 0 saturated heterocycles. The van der Waals surface area contributed by atoms with E-state index in [4.69, 9.17) is 14.2 Å². The fraction of sp³-hybridized carbons (Fsp3) is 0.217. The molecule has 2 aromatic heterocycles. The lowest BCUT2D eigenvalue weighted by molar-refractivity contribution is 0.0841. The molecule has 2 heterocycles. The van der Waals surface area contributed by atoms with Crippen LogP contribution in [-0.4, -0.2) is 47.9 Å². The molecule has 3 N–H and O–H groups in total. The molecule has 0 bridgehead atoms. The van der Waals surface area contributed by atoms with E-state index in [1.54, 1.807) is 43.3 Å². The number of hydrogen-bond acceptors (Lipinski definition) is 7. The zero-order valence-electron chi connectivity index (χ0n) is 19.0. The molecule has 0 spiro atoms. The summed E-state index contributed by atoms with van der Waals surface area (Å²) in [6.07, 6.45) is 0. The molecule has 4 rings (SSSR count). The Morgan fingerprint density at radius 3 is 2.26 bits per heavy atom. The number of benzene rings is 2. The molecule has 34 heavy (non-hydrogen) atoms. The Bertz CT molecular complexity index is 1470. The predicted molar refractivity (Wildman–Crippen MR) is 125 cm³/mol. The summed E-state index contributed by atoms with van der Waals surface area (Å²) in [5.74, 6) is 0.0294. The van der Waals surface area contributed by atoms with Crippen molar-refractivity contribution in [3.05, 3.63) is 58.1 Å². The van der Waals surface area contributed by atoms with E-state index in [1.165, 1.54) is 26.0 Å². The Kier molecular flexibility index (Phi) is 6.09. The van der Waals surface area contributed by atoms with Crippen molar-refractivity contribution in [2.75, 3.05) is 21.3 Å². The first kappa shape index (κ1) is 22.6. The number of nitrogens with zero attached hydrogens (tertiary/aromatic N) is 2. The lowest BCUT2D eigenvalue weighted by atomic mass is 10.1. The van der Waals surface area contributed by atoms with Crippen molar-refractivity contribution in [2.24, 2.45) is 0 Å². The monoisotopic (exact) mass is 465 g/mol. The summed E-state index contributed by atoms with van der Waals surface area (Å²) in [6.45, 7) is 2.04. The molecule has 11 nitrogen and oxygen atoms in total. The van der Waals surface area contributed by atoms with Gasteiger partial charge >= 0.3 is 0 Å². The van der Waals surface area contributed by atoms with Crippen LogP contribution < -0.4 is 30.6 Å². The maximum absolute atomic E-state index is 12.9. The van der Waals surface area contributed by atoms with Gasteiger partial charge in [0.1, 0.15) is 11.4 Å². The quantitative estimate of drug-likeness (QED) is 0.371. The number of aryl methyl sites for hydroxylation is 1. The number of fused-ring (bicyclic) bond motifs is 2. The molecule has 0 saturated carbocycles. The van der Waals surface area contributed by atoms with Gasteiger partial charge in [-0.1, -0.05) is 18.2 Å². The largest absolute Gasteiger partial charge is 0.496 e. The molecule has 11 heteroatoms. The minimum Gasteiger partial charge on any atom is -0.496 e. The summed E-state index contributed by atoms with van der Waals surface area (Å²) in [6, 6.07) is 9.89. The van der Waals surface area contributed by atoms with E-state index in [2.05, 4.69) is 20.9 Å². The zero-order valence-corrected chi connectivity index (χ0v) is 19.0. The van der Waals surface area contributed by atoms with Crippen molar-refractivity contribution >= 4 is 33.5 Å². The van der Waals surface area contributed by atoms with Gasteiger partial charge in [-0.3, -0.25) is 25.2 Å². The van der Waals surface area contributed by atoms with Crippen LogP contribution in [0.4, 0.5) is 0 Å². The van der Waals surface area contributed by atoms with Gasteiger partial charge < -0.3 is 19.2 Å². The molecule has 0 radical (unpaired) electrons. The molecule has 176 valence electrons. The van der Waals surface area contributed by atoms with Gasteiger partial charge in [0, 0.05) is 23.4 Å². The predicted octanol–water partition coefficient (Wildman–Crippen LogP) is 2.00. The van der Waals surface area contributed by atoms with Gasteiger partial charge in [0.05, 0.1) is 32.2 Å². The molecule has 4 aromatic rings. The van der Waals surface area contributed by atoms with Crippen LogP contribution in [0.15, 0.2) is 41.2 Å². The van der Waals surface area contributed by atoms with Crippen LogP contribution in [0.3, 0.4) is 0 Å². The highest BCUT2D eigenvalue weighted by Crippen LogP contribution is 2.41. The molecule has 0 aliphatic rings. The minimum absolute atomic E-state index is 0.0158. The highest BCUT2D eigenvalue weighted by molar-refractivity contribution is 6.07. The normalized spacial score (nSPS) is 10.8. The first-order valence-electron chi connectivity index (χ1n) is 10.4. The van der Waals surface area contributed by atoms with Crippen LogP contribution in [-0.2, 0) is 6.54 Å². The average Bonchev–Trinajstić information content (AvgIpc) is 3.32. The first-order chi connectivity index (χ1) is 16.4. The molecule has 2 aromatic carbocycles. The van der Waals surface area contributed by atoms with Gasteiger partial charge in [0.2, 0.25) is 0 Å². The van der Waals surface area contributed by atoms with Gasteiger partial charge in [0.15, 0.2) is 17.2 Å². The molecular formula is C23H23N5O6. The fourth-order valence-corrected chi connectivity index (χ4v) is 3.72. The van der Waals surface area contributed by atoms with Crippen LogP contribution in [0.1, 0.15) is 27.9 Å². The molecular weight excluding hydrogens is 442 g/mol. The second kappa shape index (κ2) is 9.14. The van der Waals surface area contributed by atoms with E-state index < -0.39 is 11.8 Å². The topological polar surface area (TPSA) is 137 Å². The average molecular weight is 465 g/mol. The van der Waals surface area contributed by atoms with Crippen LogP contribution in [0.25, 0.3) is 21.7 Å². The van der Waals surface area contributed by atoms with E-state index in [9.17, 15) is 14.4 Å². The number of methoxy groups -OCH3 is 3. The number of ether oxygens (including phenoxy) is 3. The van der Waals surface area contributed by atoms with Gasteiger partial charge in [0.25, 0.3) is 17.4 Å². The Balaban J connectivity index is 1.63. The van der Waals surface area contributed by atoms with Crippen molar-refractivity contribution in [1.29, 1.82) is 0 Å². The molecule has 0 unspecified atom stereocenters. The van der Waals surface area contributed by atoms with Crippen LogP contribution >= 0.6 is 0 Å². The fourth-order valence-electron chi connectivity index (χ4n) is 3.72. The Hall–Kier alpha value is -4.54. The summed E-state index contributed by atoms with van der Waals surface area (Å²) >= 11 is 0. The van der Waals surface area contributed by atoms with Gasteiger partial charge in [-0.05, 0) is 19.1 Å². The number of aromatic amines is 1. The number of carbonyl (C=O) groups is 2. The van der Waals surface area contributed by atoms with Crippen molar-refractivity contribution < 1.29 is 23.8 Å². The second-order valence-electron chi connectivity index (χ2n) is 7.21.